The van der Waals surface area contributed by atoms with E-state index in [-0.39, 0.29) is 6.61 Å². The average molecular weight is 289 g/mol. The average Bonchev–Trinajstić information content (AvgIpc) is 2.44. The third-order valence-corrected chi connectivity index (χ3v) is 3.31. The Balaban J connectivity index is 1.83. The van der Waals surface area contributed by atoms with Crippen molar-refractivity contribution in [1.82, 2.24) is 0 Å². The van der Waals surface area contributed by atoms with Crippen molar-refractivity contribution in [2.45, 2.75) is 31.9 Å². The molecule has 0 saturated heterocycles. The minimum absolute atomic E-state index is 0.204. The van der Waals surface area contributed by atoms with Gasteiger partial charge in [-0.1, -0.05) is 35.9 Å². The quantitative estimate of drug-likeness (QED) is 0.659. The fourth-order valence-electron chi connectivity index (χ4n) is 2.22. The number of benzene rings is 1. The summed E-state index contributed by atoms with van der Waals surface area (Å²) in [5, 5.41) is 0. The summed E-state index contributed by atoms with van der Waals surface area (Å²) in [5.74, 6) is -0.834. The van der Waals surface area contributed by atoms with Gasteiger partial charge in [-0.2, -0.15) is 0 Å². The van der Waals surface area contributed by atoms with Gasteiger partial charge in [0.05, 0.1) is 6.61 Å². The first-order valence-electron chi connectivity index (χ1n) is 6.90. The molecular formula is C16H19NO4. The lowest BCUT2D eigenvalue weighted by Crippen LogP contribution is -2.55. The van der Waals surface area contributed by atoms with Crippen LogP contribution >= 0.6 is 0 Å². The molecule has 2 N–H and O–H groups in total. The Morgan fingerprint density at radius 3 is 2.52 bits per heavy atom. The molecule has 1 fully saturated rings. The molecule has 5 nitrogen and oxygen atoms in total. The molecule has 1 aliphatic rings. The van der Waals surface area contributed by atoms with Crippen LogP contribution in [0.25, 0.3) is 0 Å². The smallest absolute Gasteiger partial charge is 0.330 e. The first-order chi connectivity index (χ1) is 10.0. The molecule has 2 rings (SSSR count). The van der Waals surface area contributed by atoms with Gasteiger partial charge in [0.2, 0.25) is 0 Å². The standard InChI is InChI=1S/C16H19NO4/c1-2-20-14(18)8-13-9-16(17,10-13)15(19)21-11-12-6-4-3-5-7-12/h3-8H,2,9-11,17H2,1H3. The summed E-state index contributed by atoms with van der Waals surface area (Å²) in [7, 11) is 0. The minimum atomic E-state index is -1.02. The summed E-state index contributed by atoms with van der Waals surface area (Å²) in [6.07, 6.45) is 2.07. The Kier molecular flexibility index (Phi) is 4.75. The molecule has 0 aliphatic heterocycles. The largest absolute Gasteiger partial charge is 0.463 e. The van der Waals surface area contributed by atoms with Crippen LogP contribution in [0, 0.1) is 0 Å². The van der Waals surface area contributed by atoms with Crippen LogP contribution in [0.5, 0.6) is 0 Å². The van der Waals surface area contributed by atoms with Crippen molar-refractivity contribution in [2.75, 3.05) is 6.61 Å². The molecule has 0 spiro atoms. The van der Waals surface area contributed by atoms with Gasteiger partial charge in [-0.3, -0.25) is 4.79 Å². The highest BCUT2D eigenvalue weighted by molar-refractivity contribution is 5.87. The monoisotopic (exact) mass is 289 g/mol. The van der Waals surface area contributed by atoms with E-state index in [4.69, 9.17) is 15.2 Å². The SMILES string of the molecule is CCOC(=O)C=C1CC(N)(C(=O)OCc2ccccc2)C1. The second-order valence-corrected chi connectivity index (χ2v) is 5.13. The Bertz CT molecular complexity index is 543. The molecule has 0 amide bonds. The van der Waals surface area contributed by atoms with E-state index in [1.807, 2.05) is 30.3 Å². The molecule has 5 heteroatoms. The Morgan fingerprint density at radius 1 is 1.24 bits per heavy atom. The molecule has 0 atom stereocenters. The topological polar surface area (TPSA) is 78.6 Å². The third-order valence-electron chi connectivity index (χ3n) is 3.31. The summed E-state index contributed by atoms with van der Waals surface area (Å²) in [6, 6.07) is 9.41. The number of esters is 2. The molecule has 0 unspecified atom stereocenters. The van der Waals surface area contributed by atoms with Crippen LogP contribution in [-0.4, -0.2) is 24.1 Å². The second-order valence-electron chi connectivity index (χ2n) is 5.13. The van der Waals surface area contributed by atoms with Gasteiger partial charge in [-0.25, -0.2) is 4.79 Å². The highest BCUT2D eigenvalue weighted by Gasteiger charge is 2.45. The Hall–Kier alpha value is -2.14. The summed E-state index contributed by atoms with van der Waals surface area (Å²) in [6.45, 7) is 2.27. The molecule has 0 bridgehead atoms. The lowest BCUT2D eigenvalue weighted by atomic mass is 9.73. The van der Waals surface area contributed by atoms with Gasteiger partial charge in [-0.05, 0) is 25.3 Å². The summed E-state index contributed by atoms with van der Waals surface area (Å²) in [4.78, 5) is 23.3. The number of hydrogen-bond acceptors (Lipinski definition) is 5. The molecule has 112 valence electrons. The third kappa shape index (κ3) is 3.92. The minimum Gasteiger partial charge on any atom is -0.463 e. The van der Waals surface area contributed by atoms with Crippen LogP contribution in [-0.2, 0) is 25.7 Å². The first kappa shape index (κ1) is 15.3. The van der Waals surface area contributed by atoms with E-state index >= 15 is 0 Å². The number of carbonyl (C=O) groups is 2. The van der Waals surface area contributed by atoms with E-state index < -0.39 is 17.5 Å². The lowest BCUT2D eigenvalue weighted by molar-refractivity contribution is -0.153. The van der Waals surface area contributed by atoms with E-state index in [9.17, 15) is 9.59 Å². The van der Waals surface area contributed by atoms with Crippen LogP contribution in [0.1, 0.15) is 25.3 Å². The zero-order valence-corrected chi connectivity index (χ0v) is 12.0. The van der Waals surface area contributed by atoms with E-state index in [0.29, 0.717) is 19.4 Å². The van der Waals surface area contributed by atoms with Gasteiger partial charge in [0, 0.05) is 6.08 Å². The van der Waals surface area contributed by atoms with Crippen LogP contribution < -0.4 is 5.73 Å². The maximum atomic E-state index is 12.0. The van der Waals surface area contributed by atoms with Gasteiger partial charge in [0.25, 0.3) is 0 Å². The number of nitrogens with two attached hydrogens (primary N) is 1. The van der Waals surface area contributed by atoms with Crippen molar-refractivity contribution >= 4 is 11.9 Å². The highest BCUT2D eigenvalue weighted by Crippen LogP contribution is 2.36. The zero-order chi connectivity index (χ0) is 15.3. The molecule has 1 saturated carbocycles. The molecule has 0 aromatic heterocycles. The van der Waals surface area contributed by atoms with Crippen molar-refractivity contribution in [3.05, 3.63) is 47.5 Å². The van der Waals surface area contributed by atoms with Gasteiger partial charge < -0.3 is 15.2 Å². The normalized spacial score (nSPS) is 20.4. The van der Waals surface area contributed by atoms with Crippen molar-refractivity contribution < 1.29 is 19.1 Å². The van der Waals surface area contributed by atoms with Gasteiger partial charge >= 0.3 is 11.9 Å². The van der Waals surface area contributed by atoms with Crippen molar-refractivity contribution in [3.63, 3.8) is 0 Å². The number of rotatable bonds is 5. The summed E-state index contributed by atoms with van der Waals surface area (Å²) < 4.78 is 10.0. The predicted molar refractivity (Wildman–Crippen MR) is 77.1 cm³/mol. The summed E-state index contributed by atoms with van der Waals surface area (Å²) >= 11 is 0. The lowest BCUT2D eigenvalue weighted by Gasteiger charge is -2.37. The zero-order valence-electron chi connectivity index (χ0n) is 12.0. The van der Waals surface area contributed by atoms with Gasteiger partial charge in [0.1, 0.15) is 12.1 Å². The van der Waals surface area contributed by atoms with E-state index in [1.54, 1.807) is 6.92 Å². The Morgan fingerprint density at radius 2 is 1.90 bits per heavy atom. The molecule has 21 heavy (non-hydrogen) atoms. The summed E-state index contributed by atoms with van der Waals surface area (Å²) in [5.41, 5.74) is 6.69. The number of hydrogen-bond donors (Lipinski definition) is 1. The number of carbonyl (C=O) groups excluding carboxylic acids is 2. The van der Waals surface area contributed by atoms with E-state index in [1.165, 1.54) is 6.08 Å². The highest BCUT2D eigenvalue weighted by atomic mass is 16.5. The van der Waals surface area contributed by atoms with Crippen LogP contribution in [0.3, 0.4) is 0 Å². The van der Waals surface area contributed by atoms with Crippen molar-refractivity contribution in [1.29, 1.82) is 0 Å². The first-order valence-corrected chi connectivity index (χ1v) is 6.90. The molecule has 1 aromatic rings. The molecular weight excluding hydrogens is 270 g/mol. The van der Waals surface area contributed by atoms with Crippen LogP contribution in [0.2, 0.25) is 0 Å². The number of ether oxygens (including phenoxy) is 2. The second kappa shape index (κ2) is 6.54. The van der Waals surface area contributed by atoms with Gasteiger partial charge in [0.15, 0.2) is 0 Å². The van der Waals surface area contributed by atoms with E-state index in [0.717, 1.165) is 11.1 Å². The van der Waals surface area contributed by atoms with Crippen LogP contribution in [0.15, 0.2) is 42.0 Å². The maximum absolute atomic E-state index is 12.0. The Labute approximate surface area is 123 Å². The molecule has 1 aliphatic carbocycles. The molecule has 0 radical (unpaired) electrons. The fraction of sp³-hybridized carbons (Fsp3) is 0.375. The molecule has 0 heterocycles. The fourth-order valence-corrected chi connectivity index (χ4v) is 2.22. The maximum Gasteiger partial charge on any atom is 0.330 e. The van der Waals surface area contributed by atoms with Crippen LogP contribution in [0.4, 0.5) is 0 Å². The van der Waals surface area contributed by atoms with Crippen molar-refractivity contribution in [3.8, 4) is 0 Å². The molecule has 1 aromatic carbocycles. The van der Waals surface area contributed by atoms with Gasteiger partial charge in [-0.15, -0.1) is 0 Å². The van der Waals surface area contributed by atoms with Crippen molar-refractivity contribution in [2.24, 2.45) is 5.73 Å². The predicted octanol–water partition coefficient (Wildman–Crippen LogP) is 1.71. The van der Waals surface area contributed by atoms with E-state index in [2.05, 4.69) is 0 Å².